The van der Waals surface area contributed by atoms with Crippen LogP contribution < -0.4 is 14.3 Å². The Morgan fingerprint density at radius 3 is 2.33 bits per heavy atom. The highest BCUT2D eigenvalue weighted by Crippen LogP contribution is 2.30. The summed E-state index contributed by atoms with van der Waals surface area (Å²) in [6, 6.07) is 12.0. The van der Waals surface area contributed by atoms with Crippen LogP contribution in [-0.4, -0.2) is 0 Å². The average molecular weight is 222 g/mol. The molecule has 0 fully saturated rings. The Morgan fingerprint density at radius 1 is 1.00 bits per heavy atom. The number of rotatable bonds is 2. The normalized spacial score (nSPS) is 11.6. The van der Waals surface area contributed by atoms with Crippen LogP contribution in [0.2, 0.25) is 0 Å². The van der Waals surface area contributed by atoms with Gasteiger partial charge in [-0.3, -0.25) is 0 Å². The molecule has 2 rings (SSSR count). The highest BCUT2D eigenvalue weighted by atomic mass is 31.2. The van der Waals surface area contributed by atoms with Crippen molar-refractivity contribution in [2.45, 2.75) is 0 Å². The van der Waals surface area contributed by atoms with E-state index in [1.165, 1.54) is 12.1 Å². The fraction of sp³-hybridized carbons (Fsp3) is 0. The number of phosphoric acid groups is 1. The van der Waals surface area contributed by atoms with E-state index in [2.05, 4.69) is 4.52 Å². The van der Waals surface area contributed by atoms with Gasteiger partial charge in [0.05, 0.1) is 0 Å². The summed E-state index contributed by atoms with van der Waals surface area (Å²) in [7, 11) is -4.97. The van der Waals surface area contributed by atoms with E-state index in [-0.39, 0.29) is 5.75 Å². The largest absolute Gasteiger partial charge is 0.780 e. The van der Waals surface area contributed by atoms with Crippen molar-refractivity contribution in [2.75, 3.05) is 0 Å². The third kappa shape index (κ3) is 2.57. The van der Waals surface area contributed by atoms with Crippen molar-refractivity contribution in [3.05, 3.63) is 42.5 Å². The third-order valence-electron chi connectivity index (χ3n) is 1.94. The van der Waals surface area contributed by atoms with Crippen LogP contribution in [0.15, 0.2) is 42.5 Å². The van der Waals surface area contributed by atoms with E-state index in [9.17, 15) is 14.4 Å². The maximum atomic E-state index is 10.4. The van der Waals surface area contributed by atoms with Gasteiger partial charge in [0.2, 0.25) is 0 Å². The van der Waals surface area contributed by atoms with Gasteiger partial charge in [-0.2, -0.15) is 0 Å². The van der Waals surface area contributed by atoms with E-state index in [4.69, 9.17) is 0 Å². The summed E-state index contributed by atoms with van der Waals surface area (Å²) >= 11 is 0. The van der Waals surface area contributed by atoms with Crippen LogP contribution in [0, 0.1) is 0 Å². The molecule has 78 valence electrons. The molecule has 2 aromatic carbocycles. The predicted octanol–water partition coefficient (Wildman–Crippen LogP) is 1.05. The Bertz CT molecular complexity index is 532. The number of hydrogen-bond donors (Lipinski definition) is 0. The van der Waals surface area contributed by atoms with Crippen molar-refractivity contribution in [3.63, 3.8) is 0 Å². The van der Waals surface area contributed by atoms with Crippen LogP contribution in [0.1, 0.15) is 0 Å². The van der Waals surface area contributed by atoms with Gasteiger partial charge in [-0.25, -0.2) is 0 Å². The molecule has 4 nitrogen and oxygen atoms in total. The minimum atomic E-state index is -4.97. The summed E-state index contributed by atoms with van der Waals surface area (Å²) in [5.74, 6) is 0.0435. The van der Waals surface area contributed by atoms with Crippen molar-refractivity contribution in [3.8, 4) is 5.75 Å². The smallest absolute Gasteiger partial charge is 0.124 e. The Hall–Kier alpha value is -1.35. The second-order valence-electron chi connectivity index (χ2n) is 3.05. The molecule has 0 heterocycles. The molecule has 15 heavy (non-hydrogen) atoms. The first-order valence-electron chi connectivity index (χ1n) is 4.25. The van der Waals surface area contributed by atoms with Crippen molar-refractivity contribution < 1.29 is 18.9 Å². The van der Waals surface area contributed by atoms with Crippen molar-refractivity contribution in [2.24, 2.45) is 0 Å². The maximum Gasteiger partial charge on any atom is 0.124 e. The van der Waals surface area contributed by atoms with Crippen LogP contribution in [0.25, 0.3) is 10.8 Å². The van der Waals surface area contributed by atoms with Gasteiger partial charge >= 0.3 is 0 Å². The summed E-state index contributed by atoms with van der Waals surface area (Å²) in [6.45, 7) is 0. The summed E-state index contributed by atoms with van der Waals surface area (Å²) < 4.78 is 14.6. The number of hydrogen-bond acceptors (Lipinski definition) is 4. The molecular formula is C10H7O4P-2. The second kappa shape index (κ2) is 3.66. The van der Waals surface area contributed by atoms with Crippen LogP contribution in [0.3, 0.4) is 0 Å². The lowest BCUT2D eigenvalue weighted by atomic mass is 10.1. The molecule has 0 radical (unpaired) electrons. The monoisotopic (exact) mass is 222 g/mol. The van der Waals surface area contributed by atoms with Crippen LogP contribution >= 0.6 is 7.82 Å². The predicted molar refractivity (Wildman–Crippen MR) is 52.2 cm³/mol. The Labute approximate surface area is 86.4 Å². The van der Waals surface area contributed by atoms with Gasteiger partial charge < -0.3 is 18.9 Å². The molecule has 0 amide bonds. The summed E-state index contributed by atoms with van der Waals surface area (Å²) in [4.78, 5) is 20.8. The van der Waals surface area contributed by atoms with Gasteiger partial charge in [0.1, 0.15) is 13.6 Å². The van der Waals surface area contributed by atoms with Gasteiger partial charge in [0.25, 0.3) is 0 Å². The fourth-order valence-corrected chi connectivity index (χ4v) is 1.73. The van der Waals surface area contributed by atoms with Gasteiger partial charge in [-0.1, -0.05) is 30.3 Å². The molecule has 0 N–H and O–H groups in total. The van der Waals surface area contributed by atoms with E-state index >= 15 is 0 Å². The van der Waals surface area contributed by atoms with E-state index in [1.807, 2.05) is 24.3 Å². The molecule has 0 atom stereocenters. The van der Waals surface area contributed by atoms with Crippen molar-refractivity contribution in [1.82, 2.24) is 0 Å². The number of fused-ring (bicyclic) bond motifs is 1. The van der Waals surface area contributed by atoms with Gasteiger partial charge in [-0.15, -0.1) is 0 Å². The fourth-order valence-electron chi connectivity index (χ4n) is 1.35. The molecule has 0 unspecified atom stereocenters. The Balaban J connectivity index is 2.43. The first-order valence-corrected chi connectivity index (χ1v) is 5.71. The molecule has 5 heteroatoms. The lowest BCUT2D eigenvalue weighted by Crippen LogP contribution is -2.18. The van der Waals surface area contributed by atoms with Gasteiger partial charge in [0.15, 0.2) is 0 Å². The number of phosphoric ester groups is 1. The van der Waals surface area contributed by atoms with E-state index < -0.39 is 7.82 Å². The molecule has 0 aliphatic heterocycles. The van der Waals surface area contributed by atoms with E-state index in [0.29, 0.717) is 0 Å². The van der Waals surface area contributed by atoms with Crippen LogP contribution in [0.4, 0.5) is 0 Å². The molecule has 0 bridgehead atoms. The molecule has 0 saturated heterocycles. The Kier molecular flexibility index (Phi) is 2.49. The molecule has 0 spiro atoms. The van der Waals surface area contributed by atoms with Gasteiger partial charge in [-0.05, 0) is 22.9 Å². The van der Waals surface area contributed by atoms with Gasteiger partial charge in [0, 0.05) is 0 Å². The SMILES string of the molecule is O=P([O-])([O-])Oc1ccc2ccccc2c1. The first kappa shape index (κ1) is 10.2. The third-order valence-corrected chi connectivity index (χ3v) is 2.37. The average Bonchev–Trinajstić information content (AvgIpc) is 2.15. The molecule has 2 aromatic rings. The van der Waals surface area contributed by atoms with Crippen LogP contribution in [0.5, 0.6) is 5.75 Å². The topological polar surface area (TPSA) is 72.4 Å². The van der Waals surface area contributed by atoms with Crippen molar-refractivity contribution in [1.29, 1.82) is 0 Å². The summed E-state index contributed by atoms with van der Waals surface area (Å²) in [5, 5.41) is 1.78. The lowest BCUT2D eigenvalue weighted by Gasteiger charge is -2.29. The summed E-state index contributed by atoms with van der Waals surface area (Å²) in [5.41, 5.74) is 0. The zero-order valence-corrected chi connectivity index (χ0v) is 8.52. The lowest BCUT2D eigenvalue weighted by molar-refractivity contribution is -0.333. The highest BCUT2D eigenvalue weighted by molar-refractivity contribution is 7.43. The molecule has 0 saturated carbocycles. The zero-order chi connectivity index (χ0) is 10.9. The first-order chi connectivity index (χ1) is 7.04. The molecule has 0 aliphatic carbocycles. The quantitative estimate of drug-likeness (QED) is 0.712. The molecule has 0 aliphatic rings. The minimum Gasteiger partial charge on any atom is -0.780 e. The Morgan fingerprint density at radius 2 is 1.67 bits per heavy atom. The zero-order valence-electron chi connectivity index (χ0n) is 7.62. The van der Waals surface area contributed by atoms with E-state index in [0.717, 1.165) is 10.8 Å². The highest BCUT2D eigenvalue weighted by Gasteiger charge is 1.98. The van der Waals surface area contributed by atoms with Crippen molar-refractivity contribution >= 4 is 18.6 Å². The maximum absolute atomic E-state index is 10.4. The molecule has 0 aromatic heterocycles. The second-order valence-corrected chi connectivity index (χ2v) is 4.12. The van der Waals surface area contributed by atoms with Crippen LogP contribution in [-0.2, 0) is 4.57 Å². The van der Waals surface area contributed by atoms with E-state index in [1.54, 1.807) is 6.07 Å². The minimum absolute atomic E-state index is 0.0435. The molecular weight excluding hydrogens is 215 g/mol. The standard InChI is InChI=1S/C10H9O4P/c11-15(12,13)14-10-6-5-8-3-1-2-4-9(8)7-10/h1-7H,(H2,11,12,13)/p-2. The number of benzene rings is 2. The summed E-state index contributed by atoms with van der Waals surface area (Å²) in [6.07, 6.45) is 0.